The van der Waals surface area contributed by atoms with Gasteiger partial charge in [-0.15, -0.1) is 0 Å². The third-order valence-corrected chi connectivity index (χ3v) is 9.96. The van der Waals surface area contributed by atoms with Gasteiger partial charge in [0.05, 0.1) is 0 Å². The number of benzene rings is 8. The van der Waals surface area contributed by atoms with Crippen molar-refractivity contribution in [2.24, 2.45) is 0 Å². The molecule has 10 aromatic rings. The molecular weight excluding hydrogens is 647 g/mol. The number of hydrogen-bond donors (Lipinski definition) is 0. The molecule has 0 aliphatic rings. The largest absolute Gasteiger partial charge is 0.455 e. The van der Waals surface area contributed by atoms with Crippen LogP contribution in [0.25, 0.3) is 100 Å². The quantitative estimate of drug-likeness (QED) is 0.176. The van der Waals surface area contributed by atoms with Gasteiger partial charge in [0.15, 0.2) is 17.5 Å². The first-order valence-corrected chi connectivity index (χ1v) is 17.8. The number of hydrogen-bond acceptors (Lipinski definition) is 4. The summed E-state index contributed by atoms with van der Waals surface area (Å²) in [4.78, 5) is 14.9. The van der Waals surface area contributed by atoms with Crippen LogP contribution in [0.1, 0.15) is 0 Å². The summed E-state index contributed by atoms with van der Waals surface area (Å²) in [5.74, 6) is 1.90. The minimum absolute atomic E-state index is 0.626. The fourth-order valence-electron chi connectivity index (χ4n) is 7.24. The van der Waals surface area contributed by atoms with E-state index in [4.69, 9.17) is 19.4 Å². The van der Waals surface area contributed by atoms with E-state index < -0.39 is 0 Å². The van der Waals surface area contributed by atoms with Crippen molar-refractivity contribution in [2.45, 2.75) is 0 Å². The molecule has 0 saturated carbocycles. The fraction of sp³-hybridized carbons (Fsp3) is 0. The molecule has 0 N–H and O–H groups in total. The summed E-state index contributed by atoms with van der Waals surface area (Å²) in [6.45, 7) is 0. The molecule has 0 bridgehead atoms. The molecule has 0 unspecified atom stereocenters. The second kappa shape index (κ2) is 12.9. The van der Waals surface area contributed by atoms with Crippen LogP contribution in [-0.2, 0) is 0 Å². The van der Waals surface area contributed by atoms with E-state index >= 15 is 0 Å². The van der Waals surface area contributed by atoms with E-state index in [9.17, 15) is 0 Å². The number of rotatable bonds is 6. The van der Waals surface area contributed by atoms with E-state index in [1.165, 1.54) is 22.1 Å². The van der Waals surface area contributed by atoms with Crippen LogP contribution in [0.2, 0.25) is 0 Å². The molecule has 2 aromatic heterocycles. The summed E-state index contributed by atoms with van der Waals surface area (Å²) in [7, 11) is 0. The van der Waals surface area contributed by atoms with Gasteiger partial charge < -0.3 is 4.42 Å². The number of nitrogens with zero attached hydrogens (tertiary/aromatic N) is 3. The zero-order valence-corrected chi connectivity index (χ0v) is 28.6. The van der Waals surface area contributed by atoms with Gasteiger partial charge in [0, 0.05) is 32.8 Å². The number of fused-ring (bicyclic) bond motifs is 5. The van der Waals surface area contributed by atoms with Gasteiger partial charge in [-0.3, -0.25) is 0 Å². The summed E-state index contributed by atoms with van der Waals surface area (Å²) in [5.41, 5.74) is 11.5. The molecular formula is C49H31N3O. The minimum Gasteiger partial charge on any atom is -0.455 e. The van der Waals surface area contributed by atoms with E-state index in [0.717, 1.165) is 60.7 Å². The highest BCUT2D eigenvalue weighted by Crippen LogP contribution is 2.41. The van der Waals surface area contributed by atoms with E-state index in [1.807, 2.05) is 36.4 Å². The van der Waals surface area contributed by atoms with Gasteiger partial charge in [-0.25, -0.2) is 15.0 Å². The lowest BCUT2D eigenvalue weighted by Crippen LogP contribution is -2.00. The Morgan fingerprint density at radius 1 is 0.283 bits per heavy atom. The molecule has 4 heteroatoms. The van der Waals surface area contributed by atoms with Gasteiger partial charge in [0.2, 0.25) is 0 Å². The second-order valence-corrected chi connectivity index (χ2v) is 13.2. The van der Waals surface area contributed by atoms with E-state index in [0.29, 0.717) is 17.5 Å². The van der Waals surface area contributed by atoms with Gasteiger partial charge in [-0.2, -0.15) is 0 Å². The minimum atomic E-state index is 0.626. The topological polar surface area (TPSA) is 51.8 Å². The van der Waals surface area contributed by atoms with Crippen LogP contribution in [0.3, 0.4) is 0 Å². The molecule has 2 heterocycles. The van der Waals surface area contributed by atoms with Crippen LogP contribution < -0.4 is 0 Å². The third kappa shape index (κ3) is 5.63. The Balaban J connectivity index is 1.02. The third-order valence-electron chi connectivity index (χ3n) is 9.96. The second-order valence-electron chi connectivity index (χ2n) is 13.2. The summed E-state index contributed by atoms with van der Waals surface area (Å²) >= 11 is 0. The van der Waals surface area contributed by atoms with Crippen molar-refractivity contribution < 1.29 is 4.42 Å². The first kappa shape index (κ1) is 30.6. The number of furan rings is 1. The first-order chi connectivity index (χ1) is 26.2. The van der Waals surface area contributed by atoms with Crippen molar-refractivity contribution in [3.63, 3.8) is 0 Å². The molecule has 0 fully saturated rings. The maximum absolute atomic E-state index is 6.63. The summed E-state index contributed by atoms with van der Waals surface area (Å²) in [5, 5.41) is 4.52. The molecule has 0 aliphatic carbocycles. The molecule has 0 amide bonds. The lowest BCUT2D eigenvalue weighted by atomic mass is 9.95. The van der Waals surface area contributed by atoms with Crippen molar-refractivity contribution in [3.8, 4) is 67.5 Å². The number of aromatic nitrogens is 3. The zero-order chi connectivity index (χ0) is 35.1. The molecule has 0 atom stereocenters. The standard InChI is InChI=1S/C49H31N3O/c1-4-12-32(13-5-1)33-20-24-37(25-21-33)48-50-47(36-16-8-3-9-17-36)51-49(52-48)38-26-22-34(23-27-38)39-28-29-41-44-31-43(35-14-6-2-7-15-35)40-18-10-11-19-42(40)46(44)53-45(41)30-39/h1-31H. The molecule has 10 rings (SSSR count). The van der Waals surface area contributed by atoms with Crippen molar-refractivity contribution >= 4 is 32.7 Å². The molecule has 0 saturated heterocycles. The molecule has 0 radical (unpaired) electrons. The lowest BCUT2D eigenvalue weighted by molar-refractivity contribution is 0.673. The average molecular weight is 678 g/mol. The van der Waals surface area contributed by atoms with Gasteiger partial charge in [0.1, 0.15) is 11.2 Å². The van der Waals surface area contributed by atoms with Crippen LogP contribution >= 0.6 is 0 Å². The lowest BCUT2D eigenvalue weighted by Gasteiger charge is -2.10. The van der Waals surface area contributed by atoms with E-state index in [-0.39, 0.29) is 0 Å². The van der Waals surface area contributed by atoms with Crippen LogP contribution in [0, 0.1) is 0 Å². The van der Waals surface area contributed by atoms with Crippen molar-refractivity contribution in [2.75, 3.05) is 0 Å². The van der Waals surface area contributed by atoms with Crippen LogP contribution in [0.4, 0.5) is 0 Å². The molecule has 4 nitrogen and oxygen atoms in total. The van der Waals surface area contributed by atoms with Gasteiger partial charge in [-0.05, 0) is 57.0 Å². The van der Waals surface area contributed by atoms with Crippen molar-refractivity contribution in [3.05, 3.63) is 188 Å². The van der Waals surface area contributed by atoms with Gasteiger partial charge in [0.25, 0.3) is 0 Å². The van der Waals surface area contributed by atoms with Gasteiger partial charge in [-0.1, -0.05) is 170 Å². The monoisotopic (exact) mass is 677 g/mol. The Morgan fingerprint density at radius 2 is 0.698 bits per heavy atom. The Kier molecular flexibility index (Phi) is 7.43. The van der Waals surface area contributed by atoms with Crippen molar-refractivity contribution in [1.82, 2.24) is 15.0 Å². The predicted octanol–water partition coefficient (Wildman–Crippen LogP) is 12.9. The molecule has 248 valence electrons. The van der Waals surface area contributed by atoms with Gasteiger partial charge >= 0.3 is 0 Å². The highest BCUT2D eigenvalue weighted by Gasteiger charge is 2.16. The van der Waals surface area contributed by atoms with E-state index in [1.54, 1.807) is 0 Å². The average Bonchev–Trinajstić information content (AvgIpc) is 3.62. The Morgan fingerprint density at radius 3 is 1.28 bits per heavy atom. The molecule has 0 spiro atoms. The maximum Gasteiger partial charge on any atom is 0.164 e. The molecule has 53 heavy (non-hydrogen) atoms. The van der Waals surface area contributed by atoms with Crippen LogP contribution in [0.15, 0.2) is 192 Å². The Labute approximate surface area is 306 Å². The fourth-order valence-corrected chi connectivity index (χ4v) is 7.24. The summed E-state index contributed by atoms with van der Waals surface area (Å²) in [6, 6.07) is 65.1. The first-order valence-electron chi connectivity index (χ1n) is 17.8. The molecule has 8 aromatic carbocycles. The Hall–Kier alpha value is -7.17. The highest BCUT2D eigenvalue weighted by molar-refractivity contribution is 6.19. The predicted molar refractivity (Wildman–Crippen MR) is 217 cm³/mol. The van der Waals surface area contributed by atoms with Crippen molar-refractivity contribution in [1.29, 1.82) is 0 Å². The Bertz CT molecular complexity index is 2900. The highest BCUT2D eigenvalue weighted by atomic mass is 16.3. The van der Waals surface area contributed by atoms with Crippen LogP contribution in [-0.4, -0.2) is 15.0 Å². The maximum atomic E-state index is 6.63. The zero-order valence-electron chi connectivity index (χ0n) is 28.6. The smallest absolute Gasteiger partial charge is 0.164 e. The van der Waals surface area contributed by atoms with Crippen LogP contribution in [0.5, 0.6) is 0 Å². The summed E-state index contributed by atoms with van der Waals surface area (Å²) < 4.78 is 6.63. The summed E-state index contributed by atoms with van der Waals surface area (Å²) in [6.07, 6.45) is 0. The normalized spacial score (nSPS) is 11.4. The van der Waals surface area contributed by atoms with E-state index in [2.05, 4.69) is 152 Å². The SMILES string of the molecule is c1ccc(-c2ccc(-c3nc(-c4ccccc4)nc(-c4ccc(-c5ccc6c(c5)oc5c7ccccc7c(-c7ccccc7)cc65)cc4)n3)cc2)cc1. The molecule has 0 aliphatic heterocycles.